The second kappa shape index (κ2) is 6.86. The van der Waals surface area contributed by atoms with Crippen LogP contribution in [-0.2, 0) is 11.2 Å². The number of nitrogens with two attached hydrogens (primary N) is 1. The molecular weight excluding hydrogens is 212 g/mol. The van der Waals surface area contributed by atoms with Crippen LogP contribution in [0.2, 0.25) is 0 Å². The lowest BCUT2D eigenvalue weighted by molar-refractivity contribution is -0.130. The van der Waals surface area contributed by atoms with E-state index in [0.717, 1.165) is 6.42 Å². The van der Waals surface area contributed by atoms with E-state index >= 15 is 0 Å². The van der Waals surface area contributed by atoms with Crippen LogP contribution < -0.4 is 5.73 Å². The van der Waals surface area contributed by atoms with Gasteiger partial charge in [0, 0.05) is 13.6 Å². The largest absolute Gasteiger partial charge is 0.341 e. The Morgan fingerprint density at radius 3 is 2.71 bits per heavy atom. The van der Waals surface area contributed by atoms with Gasteiger partial charge in [0.2, 0.25) is 5.91 Å². The average molecular weight is 232 g/mol. The number of carbonyl (C=O) groups excluding carboxylic acids is 1. The molecule has 0 aliphatic rings. The zero-order valence-electron chi connectivity index (χ0n) is 10.3. The average Bonchev–Trinajstić information content (AvgIpc) is 2.36. The summed E-state index contributed by atoms with van der Waals surface area (Å²) >= 11 is 0. The van der Waals surface area contributed by atoms with E-state index in [2.05, 4.69) is 6.58 Å². The van der Waals surface area contributed by atoms with Crippen LogP contribution in [0.4, 0.5) is 0 Å². The summed E-state index contributed by atoms with van der Waals surface area (Å²) in [6, 6.07) is 9.63. The van der Waals surface area contributed by atoms with Gasteiger partial charge in [-0.25, -0.2) is 0 Å². The fourth-order valence-corrected chi connectivity index (χ4v) is 1.66. The molecule has 0 saturated carbocycles. The highest BCUT2D eigenvalue weighted by molar-refractivity contribution is 5.81. The number of benzene rings is 1. The first kappa shape index (κ1) is 13.5. The summed E-state index contributed by atoms with van der Waals surface area (Å²) in [6.45, 7) is 4.14. The van der Waals surface area contributed by atoms with Gasteiger partial charge in [-0.15, -0.1) is 6.58 Å². The molecule has 0 radical (unpaired) electrons. The molecule has 0 saturated heterocycles. The Balaban J connectivity index is 2.41. The molecule has 0 aliphatic heterocycles. The molecular formula is C14H20N2O. The van der Waals surface area contributed by atoms with Crippen LogP contribution in [-0.4, -0.2) is 30.4 Å². The normalized spacial score (nSPS) is 11.9. The Hall–Kier alpha value is -1.61. The Bertz CT molecular complexity index is 362. The summed E-state index contributed by atoms with van der Waals surface area (Å²) in [6.07, 6.45) is 3.20. The van der Waals surface area contributed by atoms with Gasteiger partial charge in [-0.3, -0.25) is 4.79 Å². The van der Waals surface area contributed by atoms with Crippen molar-refractivity contribution in [2.75, 3.05) is 13.6 Å². The maximum Gasteiger partial charge on any atom is 0.239 e. The second-order valence-corrected chi connectivity index (χ2v) is 4.14. The summed E-state index contributed by atoms with van der Waals surface area (Å²) in [4.78, 5) is 13.4. The molecule has 1 amide bonds. The van der Waals surface area contributed by atoms with Gasteiger partial charge in [0.05, 0.1) is 6.04 Å². The minimum atomic E-state index is -0.430. The van der Waals surface area contributed by atoms with Crippen LogP contribution in [0.1, 0.15) is 12.0 Å². The van der Waals surface area contributed by atoms with Gasteiger partial charge >= 0.3 is 0 Å². The predicted molar refractivity (Wildman–Crippen MR) is 70.6 cm³/mol. The van der Waals surface area contributed by atoms with E-state index in [1.807, 2.05) is 30.3 Å². The zero-order valence-corrected chi connectivity index (χ0v) is 10.3. The molecule has 92 valence electrons. The molecule has 17 heavy (non-hydrogen) atoms. The Labute approximate surface area is 103 Å². The molecule has 1 aromatic carbocycles. The lowest BCUT2D eigenvalue weighted by Gasteiger charge is -2.19. The fourth-order valence-electron chi connectivity index (χ4n) is 1.66. The summed E-state index contributed by atoms with van der Waals surface area (Å²) in [5.74, 6) is -0.0270. The number of hydrogen-bond donors (Lipinski definition) is 1. The van der Waals surface area contributed by atoms with Crippen LogP contribution in [0, 0.1) is 0 Å². The number of likely N-dealkylation sites (N-methyl/N-ethyl adjacent to an activating group) is 1. The van der Waals surface area contributed by atoms with Crippen molar-refractivity contribution in [2.45, 2.75) is 18.9 Å². The molecule has 1 aromatic rings. The van der Waals surface area contributed by atoms with Gasteiger partial charge in [-0.2, -0.15) is 0 Å². The summed E-state index contributed by atoms with van der Waals surface area (Å²) in [5, 5.41) is 0. The van der Waals surface area contributed by atoms with Crippen molar-refractivity contribution >= 4 is 5.91 Å². The molecule has 1 atom stereocenters. The molecule has 3 heteroatoms. The third-order valence-electron chi connectivity index (χ3n) is 2.68. The Kier molecular flexibility index (Phi) is 5.43. The van der Waals surface area contributed by atoms with Gasteiger partial charge in [-0.05, 0) is 18.4 Å². The molecule has 3 nitrogen and oxygen atoms in total. The first-order valence-corrected chi connectivity index (χ1v) is 5.80. The summed E-state index contributed by atoms with van der Waals surface area (Å²) in [7, 11) is 1.74. The van der Waals surface area contributed by atoms with Gasteiger partial charge < -0.3 is 10.6 Å². The third kappa shape index (κ3) is 4.41. The van der Waals surface area contributed by atoms with Crippen molar-refractivity contribution in [2.24, 2.45) is 5.73 Å². The number of hydrogen-bond acceptors (Lipinski definition) is 2. The van der Waals surface area contributed by atoms with E-state index in [9.17, 15) is 4.79 Å². The third-order valence-corrected chi connectivity index (χ3v) is 2.68. The molecule has 0 bridgehead atoms. The predicted octanol–water partition coefficient (Wildman–Crippen LogP) is 1.59. The minimum absolute atomic E-state index is 0.0270. The highest BCUT2D eigenvalue weighted by Gasteiger charge is 2.16. The van der Waals surface area contributed by atoms with Crippen molar-refractivity contribution < 1.29 is 4.79 Å². The van der Waals surface area contributed by atoms with Crippen molar-refractivity contribution in [3.8, 4) is 0 Å². The molecule has 0 aliphatic carbocycles. The summed E-state index contributed by atoms with van der Waals surface area (Å²) in [5.41, 5.74) is 7.08. The molecule has 2 N–H and O–H groups in total. The highest BCUT2D eigenvalue weighted by Crippen LogP contribution is 2.05. The van der Waals surface area contributed by atoms with Crippen molar-refractivity contribution in [3.05, 3.63) is 48.6 Å². The monoisotopic (exact) mass is 232 g/mol. The molecule has 1 unspecified atom stereocenters. The van der Waals surface area contributed by atoms with Gasteiger partial charge in [-0.1, -0.05) is 36.4 Å². The second-order valence-electron chi connectivity index (χ2n) is 4.14. The number of amides is 1. The standard InChI is InChI=1S/C14H20N2O/c1-3-11-16(2)14(17)13(15)10-9-12-7-5-4-6-8-12/h3-8,13H,1,9-11,15H2,2H3. The number of rotatable bonds is 6. The van der Waals surface area contributed by atoms with E-state index < -0.39 is 6.04 Å². The van der Waals surface area contributed by atoms with Crippen LogP contribution in [0.5, 0.6) is 0 Å². The molecule has 0 fully saturated rings. The number of aryl methyl sites for hydroxylation is 1. The van der Waals surface area contributed by atoms with Crippen LogP contribution >= 0.6 is 0 Å². The van der Waals surface area contributed by atoms with Crippen LogP contribution in [0.15, 0.2) is 43.0 Å². The van der Waals surface area contributed by atoms with E-state index in [4.69, 9.17) is 5.73 Å². The van der Waals surface area contributed by atoms with E-state index in [-0.39, 0.29) is 5.91 Å². The molecule has 0 aromatic heterocycles. The maximum atomic E-state index is 11.8. The topological polar surface area (TPSA) is 46.3 Å². The van der Waals surface area contributed by atoms with Crippen LogP contribution in [0.3, 0.4) is 0 Å². The van der Waals surface area contributed by atoms with Gasteiger partial charge in [0.25, 0.3) is 0 Å². The number of nitrogens with zero attached hydrogens (tertiary/aromatic N) is 1. The Morgan fingerprint density at radius 1 is 1.47 bits per heavy atom. The van der Waals surface area contributed by atoms with Crippen molar-refractivity contribution in [1.29, 1.82) is 0 Å². The quantitative estimate of drug-likeness (QED) is 0.757. The maximum absolute atomic E-state index is 11.8. The molecule has 0 spiro atoms. The van der Waals surface area contributed by atoms with Gasteiger partial charge in [0.1, 0.15) is 0 Å². The smallest absolute Gasteiger partial charge is 0.239 e. The summed E-state index contributed by atoms with van der Waals surface area (Å²) < 4.78 is 0. The highest BCUT2D eigenvalue weighted by atomic mass is 16.2. The lowest BCUT2D eigenvalue weighted by Crippen LogP contribution is -2.42. The van der Waals surface area contributed by atoms with E-state index in [1.54, 1.807) is 18.0 Å². The first-order chi connectivity index (χ1) is 8.15. The minimum Gasteiger partial charge on any atom is -0.341 e. The Morgan fingerprint density at radius 2 is 2.12 bits per heavy atom. The lowest BCUT2D eigenvalue weighted by atomic mass is 10.1. The fraction of sp³-hybridized carbons (Fsp3) is 0.357. The van der Waals surface area contributed by atoms with Gasteiger partial charge in [0.15, 0.2) is 0 Å². The van der Waals surface area contributed by atoms with E-state index in [1.165, 1.54) is 5.56 Å². The first-order valence-electron chi connectivity index (χ1n) is 5.80. The van der Waals surface area contributed by atoms with Crippen LogP contribution in [0.25, 0.3) is 0 Å². The molecule has 1 rings (SSSR count). The SMILES string of the molecule is C=CCN(C)C(=O)C(N)CCc1ccccc1. The van der Waals surface area contributed by atoms with Crippen molar-refractivity contribution in [3.63, 3.8) is 0 Å². The van der Waals surface area contributed by atoms with E-state index in [0.29, 0.717) is 13.0 Å². The van der Waals surface area contributed by atoms with Crippen molar-refractivity contribution in [1.82, 2.24) is 4.90 Å². The molecule has 0 heterocycles. The zero-order chi connectivity index (χ0) is 12.7. The number of carbonyl (C=O) groups is 1.